The van der Waals surface area contributed by atoms with Crippen LogP contribution in [0.1, 0.15) is 39.8 Å². The van der Waals surface area contributed by atoms with Crippen molar-refractivity contribution >= 4 is 27.6 Å². The van der Waals surface area contributed by atoms with E-state index in [1.807, 2.05) is 0 Å². The minimum atomic E-state index is 0.0666. The molecule has 186 valence electrons. The van der Waals surface area contributed by atoms with E-state index in [1.54, 1.807) is 0 Å². The summed E-state index contributed by atoms with van der Waals surface area (Å²) in [5.41, 5.74) is 12.9. The lowest BCUT2D eigenvalue weighted by molar-refractivity contribution is 0.945. The average molecular weight is 508 g/mol. The first kappa shape index (κ1) is 21.9. The molecular formula is C39H25N. The van der Waals surface area contributed by atoms with E-state index in [0.29, 0.717) is 5.92 Å². The Kier molecular flexibility index (Phi) is 4.51. The maximum absolute atomic E-state index is 5.53. The number of hydrogen-bond acceptors (Lipinski definition) is 1. The third-order valence-corrected chi connectivity index (χ3v) is 8.98. The molecule has 0 spiro atoms. The minimum Gasteiger partial charge on any atom is -0.251 e. The van der Waals surface area contributed by atoms with Crippen molar-refractivity contribution in [1.82, 2.24) is 4.98 Å². The van der Waals surface area contributed by atoms with Gasteiger partial charge in [-0.3, -0.25) is 4.98 Å². The Morgan fingerprint density at radius 3 is 2.40 bits per heavy atom. The Labute approximate surface area is 233 Å². The summed E-state index contributed by atoms with van der Waals surface area (Å²) < 4.78 is 0. The second-order valence-electron chi connectivity index (χ2n) is 11.1. The van der Waals surface area contributed by atoms with E-state index < -0.39 is 0 Å². The summed E-state index contributed by atoms with van der Waals surface area (Å²) in [6, 6.07) is 39.9. The Morgan fingerprint density at radius 1 is 0.600 bits per heavy atom. The third kappa shape index (κ3) is 3.01. The van der Waals surface area contributed by atoms with Gasteiger partial charge in [0, 0.05) is 16.9 Å². The van der Waals surface area contributed by atoms with Crippen LogP contribution in [-0.2, 0) is 0 Å². The molecule has 0 fully saturated rings. The molecule has 0 saturated heterocycles. The highest BCUT2D eigenvalue weighted by Gasteiger charge is 2.37. The highest BCUT2D eigenvalue weighted by molar-refractivity contribution is 6.11. The second-order valence-corrected chi connectivity index (χ2v) is 11.1. The van der Waals surface area contributed by atoms with Crippen molar-refractivity contribution in [3.8, 4) is 22.4 Å². The van der Waals surface area contributed by atoms with E-state index >= 15 is 0 Å². The molecule has 0 bridgehead atoms. The maximum atomic E-state index is 5.53. The molecule has 0 N–H and O–H groups in total. The van der Waals surface area contributed by atoms with Crippen molar-refractivity contribution in [3.05, 3.63) is 167 Å². The van der Waals surface area contributed by atoms with Crippen LogP contribution in [-0.4, -0.2) is 4.98 Å². The highest BCUT2D eigenvalue weighted by atomic mass is 14.7. The van der Waals surface area contributed by atoms with Crippen LogP contribution in [0.3, 0.4) is 0 Å². The number of rotatable bonds is 2. The van der Waals surface area contributed by atoms with Gasteiger partial charge < -0.3 is 0 Å². The molecule has 0 radical (unpaired) electrons. The van der Waals surface area contributed by atoms with Gasteiger partial charge in [-0.25, -0.2) is 0 Å². The predicted molar refractivity (Wildman–Crippen MR) is 167 cm³/mol. The van der Waals surface area contributed by atoms with Gasteiger partial charge in [0.15, 0.2) is 0 Å². The quantitative estimate of drug-likeness (QED) is 0.212. The van der Waals surface area contributed by atoms with Crippen molar-refractivity contribution in [2.24, 2.45) is 0 Å². The molecule has 9 rings (SSSR count). The zero-order chi connectivity index (χ0) is 26.2. The molecule has 5 aromatic carbocycles. The Morgan fingerprint density at radius 2 is 1.45 bits per heavy atom. The van der Waals surface area contributed by atoms with Crippen LogP contribution in [0, 0.1) is 0 Å². The summed E-state index contributed by atoms with van der Waals surface area (Å²) in [5, 5.41) is 4.99. The molecular weight excluding hydrogens is 482 g/mol. The standard InChI is InChI=1S/C39H25N/c1-2-11-25(12-3-1)39-33-19-18-24-10-4-6-14-27(24)34(33)23-36(40-39)38-31-17-9-8-16-29(31)32-21-20-30-28-15-7-5-13-26(28)22-35(30)37(32)38/h1-23,28,38H. The second kappa shape index (κ2) is 8.24. The largest absolute Gasteiger partial charge is 0.251 e. The smallest absolute Gasteiger partial charge is 0.0784 e. The monoisotopic (exact) mass is 507 g/mol. The van der Waals surface area contributed by atoms with Gasteiger partial charge >= 0.3 is 0 Å². The molecule has 40 heavy (non-hydrogen) atoms. The molecule has 1 nitrogen and oxygen atoms in total. The van der Waals surface area contributed by atoms with Gasteiger partial charge in [-0.15, -0.1) is 0 Å². The van der Waals surface area contributed by atoms with E-state index in [0.717, 1.165) is 17.0 Å². The number of pyridine rings is 1. The van der Waals surface area contributed by atoms with Gasteiger partial charge in [-0.05, 0) is 61.2 Å². The summed E-state index contributed by atoms with van der Waals surface area (Å²) in [6.45, 7) is 0. The van der Waals surface area contributed by atoms with E-state index in [-0.39, 0.29) is 5.92 Å². The van der Waals surface area contributed by atoms with Crippen molar-refractivity contribution < 1.29 is 0 Å². The normalized spacial score (nSPS) is 17.9. The first-order chi connectivity index (χ1) is 19.8. The Hall–Kier alpha value is -5.01. The van der Waals surface area contributed by atoms with Crippen LogP contribution in [0.2, 0.25) is 0 Å². The van der Waals surface area contributed by atoms with Crippen LogP contribution >= 0.6 is 0 Å². The zero-order valence-electron chi connectivity index (χ0n) is 21.9. The number of nitrogens with zero attached hydrogens (tertiary/aromatic N) is 1. The molecule has 0 saturated carbocycles. The van der Waals surface area contributed by atoms with E-state index in [1.165, 1.54) is 60.5 Å². The van der Waals surface area contributed by atoms with Gasteiger partial charge in [0.25, 0.3) is 0 Å². The summed E-state index contributed by atoms with van der Waals surface area (Å²) in [4.78, 5) is 5.53. The molecule has 1 aromatic heterocycles. The summed E-state index contributed by atoms with van der Waals surface area (Å²) in [5.74, 6) is 0.403. The average Bonchev–Trinajstić information content (AvgIpc) is 3.57. The molecule has 0 amide bonds. The first-order valence-corrected chi connectivity index (χ1v) is 14.1. The van der Waals surface area contributed by atoms with Gasteiger partial charge in [-0.1, -0.05) is 134 Å². The maximum Gasteiger partial charge on any atom is 0.0784 e. The van der Waals surface area contributed by atoms with Crippen LogP contribution in [0.4, 0.5) is 0 Å². The lowest BCUT2D eigenvalue weighted by atomic mass is 9.85. The molecule has 0 aliphatic heterocycles. The fraction of sp³-hybridized carbons (Fsp3) is 0.0513. The lowest BCUT2D eigenvalue weighted by Crippen LogP contribution is -2.06. The van der Waals surface area contributed by atoms with Crippen LogP contribution in [0.15, 0.2) is 139 Å². The molecule has 2 atom stereocenters. The fourth-order valence-corrected chi connectivity index (χ4v) is 7.22. The molecule has 3 aliphatic rings. The van der Waals surface area contributed by atoms with Crippen molar-refractivity contribution in [2.45, 2.75) is 11.8 Å². The summed E-state index contributed by atoms with van der Waals surface area (Å²) in [6.07, 6.45) is 11.4. The Bertz CT molecular complexity index is 2110. The van der Waals surface area contributed by atoms with Crippen molar-refractivity contribution in [1.29, 1.82) is 0 Å². The Balaban J connectivity index is 1.38. The van der Waals surface area contributed by atoms with Crippen LogP contribution < -0.4 is 0 Å². The number of allylic oxidation sites excluding steroid dienone is 5. The molecule has 1 heteroatoms. The first-order valence-electron chi connectivity index (χ1n) is 14.1. The van der Waals surface area contributed by atoms with Crippen molar-refractivity contribution in [3.63, 3.8) is 0 Å². The number of hydrogen-bond donors (Lipinski definition) is 0. The third-order valence-electron chi connectivity index (χ3n) is 8.98. The van der Waals surface area contributed by atoms with Crippen molar-refractivity contribution in [2.75, 3.05) is 0 Å². The SMILES string of the molecule is C1=CC2=Cc3c(ccc4c3C(c3cc5c(ccc6ccccc65)c(-c5ccccc5)n3)c3ccccc3-4)C2C=C1. The topological polar surface area (TPSA) is 12.9 Å². The minimum absolute atomic E-state index is 0.0666. The molecule has 1 heterocycles. The van der Waals surface area contributed by atoms with Gasteiger partial charge in [0.05, 0.1) is 17.3 Å². The van der Waals surface area contributed by atoms with Crippen LogP contribution in [0.25, 0.3) is 50.0 Å². The number of benzene rings is 5. The number of aromatic nitrogens is 1. The van der Waals surface area contributed by atoms with Gasteiger partial charge in [-0.2, -0.15) is 0 Å². The highest BCUT2D eigenvalue weighted by Crippen LogP contribution is 2.54. The number of fused-ring (bicyclic) bond motifs is 10. The molecule has 3 aliphatic carbocycles. The van der Waals surface area contributed by atoms with E-state index in [2.05, 4.69) is 140 Å². The summed E-state index contributed by atoms with van der Waals surface area (Å²) in [7, 11) is 0. The van der Waals surface area contributed by atoms with Gasteiger partial charge in [0.2, 0.25) is 0 Å². The predicted octanol–water partition coefficient (Wildman–Crippen LogP) is 9.82. The lowest BCUT2D eigenvalue weighted by Gasteiger charge is -2.20. The van der Waals surface area contributed by atoms with Crippen LogP contribution in [0.5, 0.6) is 0 Å². The van der Waals surface area contributed by atoms with E-state index in [9.17, 15) is 0 Å². The molecule has 6 aromatic rings. The van der Waals surface area contributed by atoms with Gasteiger partial charge in [0.1, 0.15) is 0 Å². The van der Waals surface area contributed by atoms with E-state index in [4.69, 9.17) is 4.98 Å². The molecule has 2 unspecified atom stereocenters. The fourth-order valence-electron chi connectivity index (χ4n) is 7.22. The zero-order valence-corrected chi connectivity index (χ0v) is 21.9. The summed E-state index contributed by atoms with van der Waals surface area (Å²) >= 11 is 0.